The van der Waals surface area contributed by atoms with E-state index in [2.05, 4.69) is 4.98 Å². The Kier molecular flexibility index (Phi) is 5.64. The van der Waals surface area contributed by atoms with E-state index in [1.165, 1.54) is 7.11 Å². The number of fused-ring (bicyclic) bond motifs is 1. The van der Waals surface area contributed by atoms with Crippen LogP contribution in [0.15, 0.2) is 24.3 Å². The molecule has 1 aromatic heterocycles. The van der Waals surface area contributed by atoms with Gasteiger partial charge in [-0.2, -0.15) is 13.2 Å². The number of unbranched alkanes of at least 4 members (excludes halogenated alkanes) is 2. The van der Waals surface area contributed by atoms with Crippen molar-refractivity contribution >= 4 is 16.7 Å². The number of rotatable bonds is 7. The molecule has 0 saturated carbocycles. The van der Waals surface area contributed by atoms with Crippen molar-refractivity contribution in [1.29, 1.82) is 0 Å². The average Bonchev–Trinajstić information content (AvgIpc) is 2.56. The summed E-state index contributed by atoms with van der Waals surface area (Å²) in [4.78, 5) is 15.9. The Bertz CT molecular complexity index is 729. The van der Waals surface area contributed by atoms with Crippen LogP contribution in [-0.4, -0.2) is 30.7 Å². The summed E-state index contributed by atoms with van der Waals surface area (Å²) in [7, 11) is 1.17. The minimum atomic E-state index is -5.04. The zero-order chi connectivity index (χ0) is 17.7. The Labute approximate surface area is 137 Å². The van der Waals surface area contributed by atoms with Crippen LogP contribution < -0.4 is 9.47 Å². The predicted octanol–water partition coefficient (Wildman–Crippen LogP) is 4.56. The number of hydrogen-bond acceptors (Lipinski definition) is 4. The van der Waals surface area contributed by atoms with Gasteiger partial charge in [0.25, 0.3) is 5.78 Å². The molecule has 0 spiro atoms. The number of hydrogen-bond donors (Lipinski definition) is 0. The van der Waals surface area contributed by atoms with Gasteiger partial charge in [-0.1, -0.05) is 31.9 Å². The SMILES string of the molecule is CCCCCOc1c(C(=O)C(F)(F)F)c(OC)nc2ccccc12. The molecule has 0 atom stereocenters. The van der Waals surface area contributed by atoms with Gasteiger partial charge >= 0.3 is 6.18 Å². The quantitative estimate of drug-likeness (QED) is 0.547. The molecule has 0 aliphatic rings. The molecule has 0 bridgehead atoms. The number of nitrogens with zero attached hydrogens (tertiary/aromatic N) is 1. The molecule has 0 aliphatic heterocycles. The Morgan fingerprint density at radius 1 is 1.21 bits per heavy atom. The van der Waals surface area contributed by atoms with Crippen molar-refractivity contribution in [1.82, 2.24) is 4.98 Å². The summed E-state index contributed by atoms with van der Waals surface area (Å²) in [5, 5.41) is 0.349. The molecule has 130 valence electrons. The molecular weight excluding hydrogens is 323 g/mol. The Balaban J connectivity index is 2.60. The molecular formula is C17H18F3NO3. The molecule has 0 saturated heterocycles. The van der Waals surface area contributed by atoms with Gasteiger partial charge in [0.2, 0.25) is 5.88 Å². The summed E-state index contributed by atoms with van der Waals surface area (Å²) in [5.74, 6) is -2.54. The summed E-state index contributed by atoms with van der Waals surface area (Å²) < 4.78 is 49.5. The van der Waals surface area contributed by atoms with Gasteiger partial charge in [0, 0.05) is 5.39 Å². The van der Waals surface area contributed by atoms with Gasteiger partial charge in [0.1, 0.15) is 11.3 Å². The Morgan fingerprint density at radius 2 is 1.92 bits per heavy atom. The molecule has 0 N–H and O–H groups in total. The average molecular weight is 341 g/mol. The lowest BCUT2D eigenvalue weighted by atomic mass is 10.1. The van der Waals surface area contributed by atoms with Gasteiger partial charge in [-0.05, 0) is 18.6 Å². The molecule has 2 rings (SSSR count). The third-order valence-electron chi connectivity index (χ3n) is 3.48. The number of Topliss-reactive ketones (excluding diaryl/α,β-unsaturated/α-hetero) is 1. The van der Waals surface area contributed by atoms with Crippen molar-refractivity contribution in [3.8, 4) is 11.6 Å². The number of ether oxygens (including phenoxy) is 2. The molecule has 0 radical (unpaired) electrons. The van der Waals surface area contributed by atoms with Crippen molar-refractivity contribution in [2.24, 2.45) is 0 Å². The van der Waals surface area contributed by atoms with Crippen LogP contribution in [0.5, 0.6) is 11.6 Å². The van der Waals surface area contributed by atoms with Crippen LogP contribution in [0, 0.1) is 0 Å². The lowest BCUT2D eigenvalue weighted by Gasteiger charge is -2.17. The van der Waals surface area contributed by atoms with E-state index in [1.807, 2.05) is 6.92 Å². The lowest BCUT2D eigenvalue weighted by molar-refractivity contribution is -0.0888. The van der Waals surface area contributed by atoms with E-state index in [4.69, 9.17) is 9.47 Å². The molecule has 4 nitrogen and oxygen atoms in total. The molecule has 0 fully saturated rings. The predicted molar refractivity (Wildman–Crippen MR) is 83.7 cm³/mol. The van der Waals surface area contributed by atoms with Gasteiger partial charge in [-0.15, -0.1) is 0 Å². The zero-order valence-corrected chi connectivity index (χ0v) is 13.4. The number of benzene rings is 1. The van der Waals surface area contributed by atoms with Crippen LogP contribution >= 0.6 is 0 Å². The van der Waals surface area contributed by atoms with E-state index in [1.54, 1.807) is 24.3 Å². The number of carbonyl (C=O) groups excluding carboxylic acids is 1. The van der Waals surface area contributed by atoms with Crippen LogP contribution in [0.25, 0.3) is 10.9 Å². The number of para-hydroxylation sites is 1. The molecule has 0 aliphatic carbocycles. The van der Waals surface area contributed by atoms with Gasteiger partial charge in [0.15, 0.2) is 0 Å². The standard InChI is InChI=1S/C17H18F3NO3/c1-3-4-7-10-24-14-11-8-5-6-9-12(11)21-16(23-2)13(14)15(22)17(18,19)20/h5-6,8-9H,3-4,7,10H2,1-2H3. The number of aromatic nitrogens is 1. The molecule has 1 aromatic carbocycles. The highest BCUT2D eigenvalue weighted by Crippen LogP contribution is 2.38. The zero-order valence-electron chi connectivity index (χ0n) is 13.4. The first-order valence-corrected chi connectivity index (χ1v) is 7.61. The van der Waals surface area contributed by atoms with Crippen LogP contribution in [0.4, 0.5) is 13.2 Å². The molecule has 1 heterocycles. The molecule has 2 aromatic rings. The largest absolute Gasteiger partial charge is 0.492 e. The highest BCUT2D eigenvalue weighted by Gasteiger charge is 2.43. The maximum absolute atomic E-state index is 13.0. The monoisotopic (exact) mass is 341 g/mol. The summed E-state index contributed by atoms with van der Waals surface area (Å²) >= 11 is 0. The van der Waals surface area contributed by atoms with E-state index in [0.29, 0.717) is 17.3 Å². The van der Waals surface area contributed by atoms with E-state index in [0.717, 1.165) is 12.8 Å². The number of pyridine rings is 1. The van der Waals surface area contributed by atoms with Crippen LogP contribution in [-0.2, 0) is 0 Å². The van der Waals surface area contributed by atoms with E-state index < -0.39 is 17.5 Å². The fraction of sp³-hybridized carbons (Fsp3) is 0.412. The minimum Gasteiger partial charge on any atom is -0.492 e. The normalized spacial score (nSPS) is 11.5. The summed E-state index contributed by atoms with van der Waals surface area (Å²) in [6.07, 6.45) is -2.55. The van der Waals surface area contributed by atoms with Crippen molar-refractivity contribution in [3.63, 3.8) is 0 Å². The topological polar surface area (TPSA) is 48.4 Å². The summed E-state index contributed by atoms with van der Waals surface area (Å²) in [5.41, 5.74) is -0.279. The first-order valence-electron chi connectivity index (χ1n) is 7.61. The third-order valence-corrected chi connectivity index (χ3v) is 3.48. The molecule has 0 amide bonds. The molecule has 24 heavy (non-hydrogen) atoms. The van der Waals surface area contributed by atoms with E-state index >= 15 is 0 Å². The van der Waals surface area contributed by atoms with Gasteiger partial charge in [0.05, 0.1) is 19.2 Å². The highest BCUT2D eigenvalue weighted by molar-refractivity contribution is 6.08. The second-order valence-corrected chi connectivity index (χ2v) is 5.22. The smallest absolute Gasteiger partial charge is 0.455 e. The number of halogens is 3. The van der Waals surface area contributed by atoms with Gasteiger partial charge in [-0.25, -0.2) is 4.98 Å². The molecule has 7 heteroatoms. The van der Waals surface area contributed by atoms with E-state index in [9.17, 15) is 18.0 Å². The van der Waals surface area contributed by atoms with E-state index in [-0.39, 0.29) is 18.2 Å². The fourth-order valence-corrected chi connectivity index (χ4v) is 2.33. The second kappa shape index (κ2) is 7.51. The number of carbonyl (C=O) groups is 1. The molecule has 0 unspecified atom stereocenters. The maximum atomic E-state index is 13.0. The third kappa shape index (κ3) is 3.77. The Hall–Kier alpha value is -2.31. The van der Waals surface area contributed by atoms with Crippen molar-refractivity contribution in [2.45, 2.75) is 32.4 Å². The van der Waals surface area contributed by atoms with Crippen molar-refractivity contribution in [3.05, 3.63) is 29.8 Å². The first kappa shape index (κ1) is 18.0. The van der Waals surface area contributed by atoms with Gasteiger partial charge < -0.3 is 9.47 Å². The fourth-order valence-electron chi connectivity index (χ4n) is 2.33. The van der Waals surface area contributed by atoms with Crippen LogP contribution in [0.1, 0.15) is 36.5 Å². The highest BCUT2D eigenvalue weighted by atomic mass is 19.4. The van der Waals surface area contributed by atoms with Gasteiger partial charge in [-0.3, -0.25) is 4.79 Å². The lowest BCUT2D eigenvalue weighted by Crippen LogP contribution is -2.24. The summed E-state index contributed by atoms with van der Waals surface area (Å²) in [6, 6.07) is 6.54. The number of ketones is 1. The maximum Gasteiger partial charge on any atom is 0.455 e. The number of alkyl halides is 3. The first-order chi connectivity index (χ1) is 11.4. The number of methoxy groups -OCH3 is 1. The van der Waals surface area contributed by atoms with Crippen molar-refractivity contribution < 1.29 is 27.4 Å². The second-order valence-electron chi connectivity index (χ2n) is 5.22. The minimum absolute atomic E-state index is 0.129. The summed E-state index contributed by atoms with van der Waals surface area (Å²) in [6.45, 7) is 2.21. The Morgan fingerprint density at radius 3 is 2.54 bits per heavy atom. The van der Waals surface area contributed by atoms with Crippen molar-refractivity contribution in [2.75, 3.05) is 13.7 Å². The van der Waals surface area contributed by atoms with Crippen LogP contribution in [0.3, 0.4) is 0 Å². The van der Waals surface area contributed by atoms with Crippen LogP contribution in [0.2, 0.25) is 0 Å².